The molecule has 0 atom stereocenters. The molecule has 0 rings (SSSR count). The molecule has 0 aliphatic rings. The number of rotatable bonds is 0. The number of amides is 1. The van der Waals surface area contributed by atoms with E-state index in [1.165, 1.54) is 0 Å². The van der Waals surface area contributed by atoms with Crippen LogP contribution in [0.15, 0.2) is 0 Å². The molecule has 7 heteroatoms. The van der Waals surface area contributed by atoms with Crippen molar-refractivity contribution in [2.45, 2.75) is 0 Å². The maximum absolute atomic E-state index is 9.65. The maximum Gasteiger partial charge on any atom is 1.00 e. The Morgan fingerprint density at radius 1 is 1.75 bits per heavy atom. The van der Waals surface area contributed by atoms with Gasteiger partial charge >= 0.3 is 65.2 Å². The van der Waals surface area contributed by atoms with Crippen LogP contribution in [0.5, 0.6) is 0 Å². The number of hydrogen-bond donors (Lipinski definition) is 3. The molecule has 0 radical (unpaired) electrons. The number of carbonyl (C=O) groups excluding carboxylic acids is 1. The Hall–Kier alpha value is 1.58. The van der Waals surface area contributed by atoms with E-state index in [4.69, 9.17) is 0 Å². The van der Waals surface area contributed by atoms with E-state index in [9.17, 15) is 4.79 Å². The second kappa shape index (κ2) is 11.4. The Bertz CT molecular complexity index is 63.2. The van der Waals surface area contributed by atoms with E-state index in [1.54, 1.807) is 0 Å². The van der Waals surface area contributed by atoms with Crippen molar-refractivity contribution in [1.29, 1.82) is 0 Å². The fraction of sp³-hybridized carbons (Fsp3) is 0. The van der Waals surface area contributed by atoms with Gasteiger partial charge in [0, 0.05) is 0 Å². The van der Waals surface area contributed by atoms with Gasteiger partial charge in [-0.15, -0.1) is 0 Å². The van der Waals surface area contributed by atoms with E-state index >= 15 is 0 Å². The molecule has 0 aliphatic carbocycles. The van der Waals surface area contributed by atoms with E-state index in [0.29, 0.717) is 0 Å². The molecule has 8 heavy (non-hydrogen) atoms. The molecular formula is CH6N2Na2O2S. The third-order valence-corrected chi connectivity index (χ3v) is 0.381. The first kappa shape index (κ1) is 16.3. The molecule has 0 aliphatic heterocycles. The van der Waals surface area contributed by atoms with E-state index < -0.39 is 6.09 Å². The van der Waals surface area contributed by atoms with Gasteiger partial charge in [-0.2, -0.15) is 5.90 Å². The first-order chi connectivity index (χ1) is 2.81. The van der Waals surface area contributed by atoms with Crippen LogP contribution in [0.2, 0.25) is 0 Å². The van der Waals surface area contributed by atoms with Crippen LogP contribution in [0.4, 0.5) is 4.79 Å². The fourth-order valence-electron chi connectivity index (χ4n) is 0.0264. The number of hydrogen-bond acceptors (Lipinski definition) is 4. The number of carbonyl (C=O) groups is 1. The third kappa shape index (κ3) is 10.5. The Morgan fingerprint density at radius 3 is 2.12 bits per heavy atom. The Balaban J connectivity index is -0.0000000208. The van der Waals surface area contributed by atoms with Crippen molar-refractivity contribution in [2.24, 2.45) is 5.90 Å². The molecule has 0 unspecified atom stereocenters. The molecule has 40 valence electrons. The van der Waals surface area contributed by atoms with Crippen LogP contribution in [0.25, 0.3) is 0 Å². The largest absolute Gasteiger partial charge is 1.00 e. The van der Waals surface area contributed by atoms with Crippen molar-refractivity contribution in [3.63, 3.8) is 0 Å². The number of nitrogens with two attached hydrogens (primary N) is 1. The zero-order valence-corrected chi connectivity index (χ0v) is 9.74. The monoisotopic (exact) mass is 156 g/mol. The van der Waals surface area contributed by atoms with Gasteiger partial charge in [-0.1, -0.05) is 12.8 Å². The van der Waals surface area contributed by atoms with E-state index in [2.05, 4.69) is 23.5 Å². The van der Waals surface area contributed by atoms with Crippen molar-refractivity contribution in [3.8, 4) is 0 Å². The maximum atomic E-state index is 9.65. The summed E-state index contributed by atoms with van der Waals surface area (Å²) in [5.41, 5.74) is 0. The third-order valence-electron chi connectivity index (χ3n) is 0.198. The quantitative estimate of drug-likeness (QED) is 0.186. The van der Waals surface area contributed by atoms with Gasteiger partial charge in [0.15, 0.2) is 0 Å². The predicted octanol–water partition coefficient (Wildman–Crippen LogP) is -6.34. The van der Waals surface area contributed by atoms with Crippen LogP contribution in [-0.4, -0.2) is 6.09 Å². The molecule has 0 bridgehead atoms. The molecule has 0 aromatic rings. The molecule has 1 amide bonds. The van der Waals surface area contributed by atoms with E-state index in [1.807, 2.05) is 4.72 Å². The average molecular weight is 156 g/mol. The first-order valence-electron chi connectivity index (χ1n) is 1.12. The minimum Gasteiger partial charge on any atom is -1.00 e. The van der Waals surface area contributed by atoms with Crippen molar-refractivity contribution >= 4 is 18.9 Å². The van der Waals surface area contributed by atoms with Gasteiger partial charge in [0.1, 0.15) is 0 Å². The standard InChI is InChI=1S/CH4N2O2S.2Na.2H/c2-5-1(4)3-6;;;;/h6H,2H2,(H,3,4);;;;/q;2*+1;2*-1. The van der Waals surface area contributed by atoms with E-state index in [-0.39, 0.29) is 62.0 Å². The van der Waals surface area contributed by atoms with Crippen LogP contribution in [0.3, 0.4) is 0 Å². The van der Waals surface area contributed by atoms with E-state index in [0.717, 1.165) is 0 Å². The van der Waals surface area contributed by atoms with Crippen LogP contribution in [0.1, 0.15) is 2.85 Å². The van der Waals surface area contributed by atoms with Crippen LogP contribution in [-0.2, 0) is 4.84 Å². The summed E-state index contributed by atoms with van der Waals surface area (Å²) < 4.78 is 1.82. The fourth-order valence-corrected chi connectivity index (χ4v) is 0.0791. The predicted molar refractivity (Wildman–Crippen MR) is 25.0 cm³/mol. The molecule has 4 nitrogen and oxygen atoms in total. The second-order valence-corrected chi connectivity index (χ2v) is 0.741. The van der Waals surface area contributed by atoms with Crippen molar-refractivity contribution in [3.05, 3.63) is 0 Å². The van der Waals surface area contributed by atoms with Crippen LogP contribution < -0.4 is 69.7 Å². The minimum absolute atomic E-state index is 0. The molecule has 0 spiro atoms. The molecule has 0 heterocycles. The van der Waals surface area contributed by atoms with Gasteiger partial charge in [-0.25, -0.2) is 4.79 Å². The van der Waals surface area contributed by atoms with Gasteiger partial charge in [0.25, 0.3) is 0 Å². The number of thiol groups is 1. The van der Waals surface area contributed by atoms with Crippen molar-refractivity contribution < 1.29 is 71.6 Å². The Labute approximate surface area is 99.9 Å². The normalized spacial score (nSPS) is 5.25. The average Bonchev–Trinajstić information content (AvgIpc) is 1.65. The molecule has 3 N–H and O–H groups in total. The second-order valence-electron chi connectivity index (χ2n) is 0.517. The molecule has 0 aromatic heterocycles. The summed E-state index contributed by atoms with van der Waals surface area (Å²) in [6.45, 7) is 0. The summed E-state index contributed by atoms with van der Waals surface area (Å²) in [5, 5.41) is 0. The Morgan fingerprint density at radius 2 is 2.12 bits per heavy atom. The first-order valence-corrected chi connectivity index (χ1v) is 1.56. The minimum atomic E-state index is -0.765. The smallest absolute Gasteiger partial charge is 1.00 e. The summed E-state index contributed by atoms with van der Waals surface area (Å²) in [6.07, 6.45) is -0.765. The number of nitrogens with one attached hydrogen (secondary N) is 1. The summed E-state index contributed by atoms with van der Waals surface area (Å²) >= 11 is 3.29. The van der Waals surface area contributed by atoms with Gasteiger partial charge in [-0.3, -0.25) is 4.72 Å². The zero-order chi connectivity index (χ0) is 4.99. The van der Waals surface area contributed by atoms with Crippen LogP contribution in [0, 0.1) is 0 Å². The molecule has 0 aromatic carbocycles. The summed E-state index contributed by atoms with van der Waals surface area (Å²) in [7, 11) is 0. The SMILES string of the molecule is NOC(=O)NS.[H-].[H-].[Na+].[Na+]. The zero-order valence-electron chi connectivity index (χ0n) is 6.84. The van der Waals surface area contributed by atoms with Gasteiger partial charge in [-0.05, 0) is 0 Å². The van der Waals surface area contributed by atoms with Gasteiger partial charge < -0.3 is 7.69 Å². The van der Waals surface area contributed by atoms with Gasteiger partial charge in [0.2, 0.25) is 0 Å². The molecule has 0 fully saturated rings. The molecular weight excluding hydrogens is 150 g/mol. The topological polar surface area (TPSA) is 64.3 Å². The van der Waals surface area contributed by atoms with Crippen LogP contribution >= 0.6 is 12.8 Å². The summed E-state index contributed by atoms with van der Waals surface area (Å²) in [4.78, 5) is 13.2. The molecule has 0 saturated carbocycles. The van der Waals surface area contributed by atoms with Crippen molar-refractivity contribution in [1.82, 2.24) is 4.72 Å². The summed E-state index contributed by atoms with van der Waals surface area (Å²) in [6, 6.07) is 0. The van der Waals surface area contributed by atoms with Crippen molar-refractivity contribution in [2.75, 3.05) is 0 Å². The summed E-state index contributed by atoms with van der Waals surface area (Å²) in [5.74, 6) is 4.32. The Kier molecular flexibility index (Phi) is 23.2. The van der Waals surface area contributed by atoms with Gasteiger partial charge in [0.05, 0.1) is 0 Å². The molecule has 0 saturated heterocycles.